The third-order valence-electron chi connectivity index (χ3n) is 7.61. The molecular formula is C33H25F2N3O3S. The quantitative estimate of drug-likeness (QED) is 0.246. The highest BCUT2D eigenvalue weighted by molar-refractivity contribution is 7.90. The second kappa shape index (κ2) is 10.6. The number of nitrogens with zero attached hydrogens (tertiary/aromatic N) is 3. The third kappa shape index (κ3) is 4.96. The van der Waals surface area contributed by atoms with Crippen molar-refractivity contribution >= 4 is 32.9 Å². The predicted octanol–water partition coefficient (Wildman–Crippen LogP) is 6.01. The lowest BCUT2D eigenvalue weighted by atomic mass is 9.63. The summed E-state index contributed by atoms with van der Waals surface area (Å²) in [7, 11) is -3.49. The molecule has 1 amide bonds. The van der Waals surface area contributed by atoms with E-state index in [0.29, 0.717) is 22.4 Å². The van der Waals surface area contributed by atoms with Crippen LogP contribution in [-0.2, 0) is 26.6 Å². The summed E-state index contributed by atoms with van der Waals surface area (Å²) in [5.74, 6) is -2.25. The minimum atomic E-state index is -3.49. The van der Waals surface area contributed by atoms with Gasteiger partial charge in [0, 0.05) is 17.9 Å². The van der Waals surface area contributed by atoms with Gasteiger partial charge in [-0.3, -0.25) is 9.78 Å². The molecular weight excluding hydrogens is 556 g/mol. The summed E-state index contributed by atoms with van der Waals surface area (Å²) < 4.78 is 52.6. The summed E-state index contributed by atoms with van der Waals surface area (Å²) in [4.78, 5) is 19.3. The predicted molar refractivity (Wildman–Crippen MR) is 157 cm³/mol. The first-order valence-corrected chi connectivity index (χ1v) is 15.1. The van der Waals surface area contributed by atoms with Gasteiger partial charge in [0.25, 0.3) is 5.91 Å². The fourth-order valence-corrected chi connectivity index (χ4v) is 6.15. The largest absolute Gasteiger partial charge is 0.272 e. The zero-order valence-electron chi connectivity index (χ0n) is 22.5. The van der Waals surface area contributed by atoms with Gasteiger partial charge in [0.05, 0.1) is 34.0 Å². The number of carbonyl (C=O) groups is 1. The molecule has 0 spiro atoms. The maximum atomic E-state index is 14.5. The van der Waals surface area contributed by atoms with E-state index in [-0.39, 0.29) is 17.3 Å². The molecule has 42 heavy (non-hydrogen) atoms. The molecule has 5 aromatic rings. The average molecular weight is 582 g/mol. The highest BCUT2D eigenvalue weighted by Gasteiger charge is 2.50. The molecule has 0 fully saturated rings. The minimum absolute atomic E-state index is 0.0877. The number of fused-ring (bicyclic) bond motifs is 1. The smallest absolute Gasteiger partial charge is 0.252 e. The highest BCUT2D eigenvalue weighted by Crippen LogP contribution is 2.47. The van der Waals surface area contributed by atoms with Gasteiger partial charge < -0.3 is 0 Å². The van der Waals surface area contributed by atoms with Crippen molar-refractivity contribution in [2.45, 2.75) is 22.8 Å². The summed E-state index contributed by atoms with van der Waals surface area (Å²) in [6, 6.07) is 29.1. The van der Waals surface area contributed by atoms with Crippen LogP contribution in [0.4, 0.5) is 8.78 Å². The SMILES string of the molecule is CS(=O)(=O)c1ccc(C2(c3ccc(F)cc3)C=NN(Cc3ccc4ccccc4n3)C(=O)C2c2ccc(F)cc2)cc1. The Labute approximate surface area is 241 Å². The number of para-hydroxylation sites is 1. The number of rotatable bonds is 6. The van der Waals surface area contributed by atoms with Crippen molar-refractivity contribution in [1.82, 2.24) is 9.99 Å². The Morgan fingerprint density at radius 2 is 1.38 bits per heavy atom. The second-order valence-electron chi connectivity index (χ2n) is 10.3. The molecule has 1 aromatic heterocycles. The van der Waals surface area contributed by atoms with E-state index in [4.69, 9.17) is 4.98 Å². The van der Waals surface area contributed by atoms with Crippen molar-refractivity contribution in [3.8, 4) is 0 Å². The molecule has 0 bridgehead atoms. The summed E-state index contributed by atoms with van der Waals surface area (Å²) >= 11 is 0. The summed E-state index contributed by atoms with van der Waals surface area (Å²) in [6.45, 7) is 0.0877. The average Bonchev–Trinajstić information content (AvgIpc) is 2.99. The molecule has 6 rings (SSSR count). The molecule has 4 aromatic carbocycles. The van der Waals surface area contributed by atoms with E-state index >= 15 is 0 Å². The van der Waals surface area contributed by atoms with Gasteiger partial charge in [0.2, 0.25) is 0 Å². The Bertz CT molecular complexity index is 1930. The first-order valence-electron chi connectivity index (χ1n) is 13.2. The number of hydrogen-bond donors (Lipinski definition) is 0. The Morgan fingerprint density at radius 3 is 2.02 bits per heavy atom. The van der Waals surface area contributed by atoms with E-state index in [1.54, 1.807) is 42.6 Å². The highest BCUT2D eigenvalue weighted by atomic mass is 32.2. The molecule has 0 saturated carbocycles. The van der Waals surface area contributed by atoms with Gasteiger partial charge in [-0.25, -0.2) is 22.2 Å². The van der Waals surface area contributed by atoms with Gasteiger partial charge in [-0.2, -0.15) is 5.10 Å². The number of benzene rings is 4. The van der Waals surface area contributed by atoms with E-state index in [1.807, 2.05) is 36.4 Å². The third-order valence-corrected chi connectivity index (χ3v) is 8.74. The van der Waals surface area contributed by atoms with E-state index < -0.39 is 32.8 Å². The van der Waals surface area contributed by atoms with Crippen LogP contribution in [0, 0.1) is 11.6 Å². The number of amides is 1. The normalized spacial score (nSPS) is 18.9. The van der Waals surface area contributed by atoms with E-state index in [9.17, 15) is 22.0 Å². The van der Waals surface area contributed by atoms with Gasteiger partial charge in [-0.05, 0) is 65.2 Å². The van der Waals surface area contributed by atoms with Crippen molar-refractivity contribution in [3.05, 3.63) is 143 Å². The van der Waals surface area contributed by atoms with Crippen molar-refractivity contribution < 1.29 is 22.0 Å². The Balaban J connectivity index is 1.54. The van der Waals surface area contributed by atoms with Crippen LogP contribution in [0.1, 0.15) is 28.3 Å². The molecule has 2 atom stereocenters. The van der Waals surface area contributed by atoms with E-state index in [2.05, 4.69) is 5.10 Å². The van der Waals surface area contributed by atoms with Crippen molar-refractivity contribution in [3.63, 3.8) is 0 Å². The van der Waals surface area contributed by atoms with Gasteiger partial charge >= 0.3 is 0 Å². The topological polar surface area (TPSA) is 79.7 Å². The number of sulfone groups is 1. The van der Waals surface area contributed by atoms with Crippen LogP contribution in [-0.4, -0.2) is 36.8 Å². The molecule has 0 saturated heterocycles. The van der Waals surface area contributed by atoms with Gasteiger partial charge in [0.1, 0.15) is 11.6 Å². The fourth-order valence-electron chi connectivity index (χ4n) is 5.52. The zero-order valence-corrected chi connectivity index (χ0v) is 23.3. The summed E-state index contributed by atoms with van der Waals surface area (Å²) in [5.41, 5.74) is 1.78. The molecule has 210 valence electrons. The second-order valence-corrected chi connectivity index (χ2v) is 12.3. The number of halogens is 2. The number of aromatic nitrogens is 1. The molecule has 6 nitrogen and oxygen atoms in total. The van der Waals surface area contributed by atoms with Crippen LogP contribution in [0.25, 0.3) is 10.9 Å². The van der Waals surface area contributed by atoms with Crippen LogP contribution in [0.15, 0.2) is 119 Å². The lowest BCUT2D eigenvalue weighted by Gasteiger charge is -2.43. The number of carbonyl (C=O) groups excluding carboxylic acids is 1. The summed E-state index contributed by atoms with van der Waals surface area (Å²) in [5, 5.41) is 6.91. The number of hydrazone groups is 1. The van der Waals surface area contributed by atoms with Crippen LogP contribution in [0.2, 0.25) is 0 Å². The number of hydrogen-bond acceptors (Lipinski definition) is 5. The van der Waals surface area contributed by atoms with Gasteiger partial charge in [-0.15, -0.1) is 0 Å². The molecule has 0 radical (unpaired) electrons. The first kappa shape index (κ1) is 27.4. The molecule has 1 aliphatic heterocycles. The minimum Gasteiger partial charge on any atom is -0.272 e. The molecule has 0 N–H and O–H groups in total. The lowest BCUT2D eigenvalue weighted by Crippen LogP contribution is -2.49. The Kier molecular flexibility index (Phi) is 6.90. The maximum absolute atomic E-state index is 14.5. The van der Waals surface area contributed by atoms with Crippen LogP contribution >= 0.6 is 0 Å². The Morgan fingerprint density at radius 1 is 0.786 bits per heavy atom. The van der Waals surface area contributed by atoms with E-state index in [0.717, 1.165) is 17.2 Å². The molecule has 1 aliphatic rings. The standard InChI is InChI=1S/C33H25F2N3O3S/c1-42(40,41)29-18-11-25(12-19-29)33(24-9-15-27(35)16-10-24)21-36-38(32(39)31(33)23-6-13-26(34)14-7-23)20-28-17-8-22-4-2-3-5-30(22)37-28/h2-19,21,31H,20H2,1H3. The van der Waals surface area contributed by atoms with E-state index in [1.165, 1.54) is 41.4 Å². The van der Waals surface area contributed by atoms with Crippen LogP contribution in [0.3, 0.4) is 0 Å². The zero-order chi connectivity index (χ0) is 29.5. The number of pyridine rings is 1. The monoisotopic (exact) mass is 581 g/mol. The lowest BCUT2D eigenvalue weighted by molar-refractivity contribution is -0.135. The van der Waals surface area contributed by atoms with Crippen molar-refractivity contribution in [1.29, 1.82) is 0 Å². The van der Waals surface area contributed by atoms with Crippen molar-refractivity contribution in [2.24, 2.45) is 5.10 Å². The van der Waals surface area contributed by atoms with Crippen LogP contribution in [0.5, 0.6) is 0 Å². The van der Waals surface area contributed by atoms with Gasteiger partial charge in [-0.1, -0.05) is 60.7 Å². The fraction of sp³-hybridized carbons (Fsp3) is 0.121. The van der Waals surface area contributed by atoms with Gasteiger partial charge in [0.15, 0.2) is 9.84 Å². The maximum Gasteiger partial charge on any atom is 0.252 e. The summed E-state index contributed by atoms with van der Waals surface area (Å²) in [6.07, 6.45) is 2.75. The molecule has 2 heterocycles. The first-order chi connectivity index (χ1) is 20.1. The Hall–Kier alpha value is -4.76. The molecule has 2 unspecified atom stereocenters. The molecule has 0 aliphatic carbocycles. The molecule has 9 heteroatoms. The van der Waals surface area contributed by atoms with Crippen molar-refractivity contribution in [2.75, 3.05) is 6.26 Å². The van der Waals surface area contributed by atoms with Crippen LogP contribution < -0.4 is 0 Å².